The average molecular weight is 462 g/mol. The lowest BCUT2D eigenvalue weighted by atomic mass is 9.88. The Morgan fingerprint density at radius 3 is 2.34 bits per heavy atom. The summed E-state index contributed by atoms with van der Waals surface area (Å²) in [6, 6.07) is 6.94. The number of hydrogen-bond acceptors (Lipinski definition) is 6. The fourth-order valence-corrected chi connectivity index (χ4v) is 5.48. The van der Waals surface area contributed by atoms with Gasteiger partial charge in [-0.3, -0.25) is 4.79 Å². The van der Waals surface area contributed by atoms with Crippen LogP contribution in [0.3, 0.4) is 0 Å². The van der Waals surface area contributed by atoms with Crippen LogP contribution >= 0.6 is 11.8 Å². The van der Waals surface area contributed by atoms with E-state index in [-0.39, 0.29) is 23.3 Å². The Bertz CT molecular complexity index is 863. The van der Waals surface area contributed by atoms with Crippen LogP contribution in [0.2, 0.25) is 0 Å². The van der Waals surface area contributed by atoms with Crippen molar-refractivity contribution in [3.8, 4) is 5.75 Å². The van der Waals surface area contributed by atoms with E-state index < -0.39 is 11.9 Å². The van der Waals surface area contributed by atoms with Crippen molar-refractivity contribution in [1.29, 1.82) is 0 Å². The second-order valence-electron chi connectivity index (χ2n) is 8.77. The molecule has 32 heavy (non-hydrogen) atoms. The molecule has 4 rings (SSSR count). The van der Waals surface area contributed by atoms with Gasteiger partial charge in [-0.05, 0) is 44.7 Å². The Hall–Kier alpha value is -2.09. The molecule has 1 aromatic heterocycles. The van der Waals surface area contributed by atoms with E-state index in [9.17, 15) is 9.18 Å². The normalized spacial score (nSPS) is 18.9. The molecule has 1 aromatic carbocycles. The Balaban J connectivity index is 1.36. The van der Waals surface area contributed by atoms with Gasteiger partial charge in [-0.15, -0.1) is 10.2 Å². The van der Waals surface area contributed by atoms with Crippen LogP contribution < -0.4 is 4.74 Å². The molecular formula is C24H32FN3O3S. The van der Waals surface area contributed by atoms with Gasteiger partial charge in [0, 0.05) is 12.1 Å². The number of hydrogen-bond donors (Lipinski definition) is 0. The molecule has 0 spiro atoms. The zero-order chi connectivity index (χ0) is 22.3. The van der Waals surface area contributed by atoms with E-state index in [1.54, 1.807) is 25.1 Å². The summed E-state index contributed by atoms with van der Waals surface area (Å²) in [5.74, 6) is 0.420. The lowest BCUT2D eigenvalue weighted by Gasteiger charge is -2.41. The van der Waals surface area contributed by atoms with E-state index in [2.05, 4.69) is 15.1 Å². The van der Waals surface area contributed by atoms with Crippen LogP contribution in [0, 0.1) is 5.82 Å². The molecule has 0 saturated heterocycles. The van der Waals surface area contributed by atoms with Crippen LogP contribution in [0.25, 0.3) is 0 Å². The lowest BCUT2D eigenvalue weighted by molar-refractivity contribution is -0.135. The molecule has 0 bridgehead atoms. The standard InChI is InChI=1S/C24H32FN3O3S/c1-17(30-21-15-9-8-14-20(21)25)23-26-27-24(31-23)32-16-22(29)28(18-10-4-2-5-11-18)19-12-6-3-7-13-19/h8-9,14-15,17-19H,2-7,10-13,16H2,1H3/t17-/m1/s1. The number of amides is 1. The zero-order valence-electron chi connectivity index (χ0n) is 18.7. The molecule has 2 aromatic rings. The maximum atomic E-state index is 13.8. The number of para-hydroxylation sites is 1. The highest BCUT2D eigenvalue weighted by molar-refractivity contribution is 7.99. The number of nitrogens with zero attached hydrogens (tertiary/aromatic N) is 3. The highest BCUT2D eigenvalue weighted by Gasteiger charge is 2.32. The Morgan fingerprint density at radius 1 is 1.09 bits per heavy atom. The number of halogens is 1. The third-order valence-electron chi connectivity index (χ3n) is 6.45. The van der Waals surface area contributed by atoms with Gasteiger partial charge in [-0.1, -0.05) is 62.4 Å². The van der Waals surface area contributed by atoms with Gasteiger partial charge in [0.05, 0.1) is 5.75 Å². The van der Waals surface area contributed by atoms with Crippen LogP contribution in [-0.2, 0) is 4.79 Å². The fourth-order valence-electron chi connectivity index (χ4n) is 4.85. The first-order valence-corrected chi connectivity index (χ1v) is 12.8. The third kappa shape index (κ3) is 5.82. The molecule has 2 aliphatic rings. The van der Waals surface area contributed by atoms with E-state index in [4.69, 9.17) is 9.15 Å². The van der Waals surface area contributed by atoms with Gasteiger partial charge in [-0.2, -0.15) is 0 Å². The highest BCUT2D eigenvalue weighted by Crippen LogP contribution is 2.32. The summed E-state index contributed by atoms with van der Waals surface area (Å²) in [6.45, 7) is 1.73. The van der Waals surface area contributed by atoms with Gasteiger partial charge < -0.3 is 14.1 Å². The van der Waals surface area contributed by atoms with Crippen LogP contribution in [0.4, 0.5) is 4.39 Å². The Morgan fingerprint density at radius 2 is 1.72 bits per heavy atom. The minimum atomic E-state index is -0.592. The van der Waals surface area contributed by atoms with Gasteiger partial charge in [0.1, 0.15) is 0 Å². The van der Waals surface area contributed by atoms with Crippen molar-refractivity contribution in [3.63, 3.8) is 0 Å². The summed E-state index contributed by atoms with van der Waals surface area (Å²) in [7, 11) is 0. The Labute approximate surface area is 193 Å². The SMILES string of the molecule is C[C@@H](Oc1ccccc1F)c1nnc(SCC(=O)N(C2CCCCC2)C2CCCCC2)o1. The van der Waals surface area contributed by atoms with Gasteiger partial charge >= 0.3 is 0 Å². The van der Waals surface area contributed by atoms with Crippen molar-refractivity contribution in [1.82, 2.24) is 15.1 Å². The molecule has 0 radical (unpaired) electrons. The first kappa shape index (κ1) is 23.1. The van der Waals surface area contributed by atoms with Crippen LogP contribution in [0.15, 0.2) is 33.9 Å². The van der Waals surface area contributed by atoms with Crippen molar-refractivity contribution in [3.05, 3.63) is 36.0 Å². The molecule has 1 amide bonds. The molecular weight excluding hydrogens is 429 g/mol. The quantitative estimate of drug-likeness (QED) is 0.454. The highest BCUT2D eigenvalue weighted by atomic mass is 32.2. The van der Waals surface area contributed by atoms with Crippen LogP contribution in [0.5, 0.6) is 5.75 Å². The molecule has 2 fully saturated rings. The number of carbonyl (C=O) groups excluding carboxylic acids is 1. The number of rotatable bonds is 8. The summed E-state index contributed by atoms with van der Waals surface area (Å²) >= 11 is 1.27. The molecule has 6 nitrogen and oxygen atoms in total. The topological polar surface area (TPSA) is 68.5 Å². The van der Waals surface area contributed by atoms with E-state index in [0.717, 1.165) is 25.7 Å². The second-order valence-corrected chi connectivity index (χ2v) is 9.70. The molecule has 0 N–H and O–H groups in total. The molecule has 1 heterocycles. The molecule has 0 aliphatic heterocycles. The summed E-state index contributed by atoms with van der Waals surface area (Å²) in [5.41, 5.74) is 0. The molecule has 1 atom stereocenters. The van der Waals surface area contributed by atoms with Gasteiger partial charge in [0.15, 0.2) is 17.7 Å². The fraction of sp³-hybridized carbons (Fsp3) is 0.625. The van der Waals surface area contributed by atoms with E-state index in [0.29, 0.717) is 17.3 Å². The number of benzene rings is 1. The first-order valence-electron chi connectivity index (χ1n) is 11.8. The molecule has 0 unspecified atom stereocenters. The maximum absolute atomic E-state index is 13.8. The van der Waals surface area contributed by atoms with E-state index >= 15 is 0 Å². The summed E-state index contributed by atoms with van der Waals surface area (Å²) in [4.78, 5) is 15.5. The predicted octanol–water partition coefficient (Wildman–Crippen LogP) is 5.93. The van der Waals surface area contributed by atoms with Gasteiger partial charge in [0.2, 0.25) is 5.91 Å². The van der Waals surface area contributed by atoms with E-state index in [1.807, 2.05) is 0 Å². The molecule has 2 aliphatic carbocycles. The van der Waals surface area contributed by atoms with Crippen LogP contribution in [0.1, 0.15) is 83.1 Å². The lowest BCUT2D eigenvalue weighted by Crippen LogP contribution is -2.49. The van der Waals surface area contributed by atoms with Gasteiger partial charge in [-0.25, -0.2) is 4.39 Å². The molecule has 174 valence electrons. The number of carbonyl (C=O) groups is 1. The predicted molar refractivity (Wildman–Crippen MR) is 121 cm³/mol. The summed E-state index contributed by atoms with van der Waals surface area (Å²) < 4.78 is 25.1. The second kappa shape index (κ2) is 11.2. The largest absolute Gasteiger partial charge is 0.478 e. The summed E-state index contributed by atoms with van der Waals surface area (Å²) in [5, 5.41) is 8.43. The smallest absolute Gasteiger partial charge is 0.277 e. The Kier molecular flexibility index (Phi) is 8.05. The van der Waals surface area contributed by atoms with Crippen molar-refractivity contribution in [2.45, 2.75) is 94.5 Å². The number of ether oxygens (including phenoxy) is 1. The van der Waals surface area contributed by atoms with Crippen molar-refractivity contribution in [2.75, 3.05) is 5.75 Å². The minimum absolute atomic E-state index is 0.137. The van der Waals surface area contributed by atoms with Gasteiger partial charge in [0.25, 0.3) is 11.1 Å². The molecule has 8 heteroatoms. The third-order valence-corrected chi connectivity index (χ3v) is 7.26. The first-order chi connectivity index (χ1) is 15.6. The average Bonchev–Trinajstić information content (AvgIpc) is 3.30. The molecule has 2 saturated carbocycles. The number of thioether (sulfide) groups is 1. The van der Waals surface area contributed by atoms with Crippen LogP contribution in [-0.4, -0.2) is 38.8 Å². The maximum Gasteiger partial charge on any atom is 0.277 e. The summed E-state index contributed by atoms with van der Waals surface area (Å²) in [6.07, 6.45) is 11.2. The van der Waals surface area contributed by atoms with E-state index in [1.165, 1.54) is 56.4 Å². The van der Waals surface area contributed by atoms with Crippen molar-refractivity contribution < 1.29 is 18.3 Å². The zero-order valence-corrected chi connectivity index (χ0v) is 19.5. The number of aromatic nitrogens is 2. The van der Waals surface area contributed by atoms with Crippen molar-refractivity contribution >= 4 is 17.7 Å². The monoisotopic (exact) mass is 461 g/mol. The van der Waals surface area contributed by atoms with Crippen molar-refractivity contribution in [2.24, 2.45) is 0 Å². The minimum Gasteiger partial charge on any atom is -0.478 e.